The summed E-state index contributed by atoms with van der Waals surface area (Å²) in [6.45, 7) is 1.77. The maximum absolute atomic E-state index is 13.5. The van der Waals surface area contributed by atoms with Crippen LogP contribution in [0.2, 0.25) is 0 Å². The van der Waals surface area contributed by atoms with E-state index in [1.54, 1.807) is 25.1 Å². The van der Waals surface area contributed by atoms with Gasteiger partial charge in [-0.15, -0.1) is 0 Å². The highest BCUT2D eigenvalue weighted by Gasteiger charge is 2.36. The molecule has 3 heterocycles. The maximum atomic E-state index is 13.5. The summed E-state index contributed by atoms with van der Waals surface area (Å²) in [7, 11) is 0. The van der Waals surface area contributed by atoms with E-state index >= 15 is 0 Å². The number of nitrogens with zero attached hydrogens (tertiary/aromatic N) is 3. The lowest BCUT2D eigenvalue weighted by molar-refractivity contribution is -0.384. The molecule has 1 aliphatic heterocycles. The fourth-order valence-corrected chi connectivity index (χ4v) is 3.59. The van der Waals surface area contributed by atoms with Gasteiger partial charge >= 0.3 is 0 Å². The van der Waals surface area contributed by atoms with Gasteiger partial charge in [0.05, 0.1) is 34.6 Å². The summed E-state index contributed by atoms with van der Waals surface area (Å²) in [6, 6.07) is 7.58. The van der Waals surface area contributed by atoms with Gasteiger partial charge in [-0.1, -0.05) is 12.1 Å². The van der Waals surface area contributed by atoms with Crippen LogP contribution in [0.1, 0.15) is 28.8 Å². The molecule has 3 aromatic rings. The average Bonchev–Trinajstić information content (AvgIpc) is 3.49. The molecule has 0 radical (unpaired) electrons. The molecule has 0 saturated heterocycles. The second kappa shape index (κ2) is 8.11. The van der Waals surface area contributed by atoms with E-state index < -0.39 is 10.8 Å². The fraction of sp³-hybridized carbons (Fsp3) is 0.0952. The SMILES string of the molecule is CC1=C(NC=O)C(c2ccc([N+](=O)[O-])cc2)C(C(=O)n2ccnc2)=C(c2ccoc2)N1. The Morgan fingerprint density at radius 2 is 2.10 bits per heavy atom. The fourth-order valence-electron chi connectivity index (χ4n) is 3.59. The molecule has 1 aromatic carbocycles. The highest BCUT2D eigenvalue weighted by atomic mass is 16.6. The first kappa shape index (κ1) is 19.8. The van der Waals surface area contributed by atoms with Crippen LogP contribution in [0.5, 0.6) is 0 Å². The lowest BCUT2D eigenvalue weighted by atomic mass is 9.82. The van der Waals surface area contributed by atoms with Gasteiger partial charge in [-0.25, -0.2) is 4.98 Å². The first-order valence-corrected chi connectivity index (χ1v) is 9.23. The van der Waals surface area contributed by atoms with E-state index in [0.29, 0.717) is 40.2 Å². The van der Waals surface area contributed by atoms with Gasteiger partial charge in [0, 0.05) is 41.5 Å². The third-order valence-electron chi connectivity index (χ3n) is 4.99. The quantitative estimate of drug-likeness (QED) is 0.357. The Kier molecular flexibility index (Phi) is 5.19. The van der Waals surface area contributed by atoms with E-state index in [9.17, 15) is 19.7 Å². The number of allylic oxidation sites excluding steroid dienone is 2. The number of furan rings is 1. The molecule has 1 amide bonds. The number of nitrogens with one attached hydrogen (secondary N) is 2. The van der Waals surface area contributed by atoms with Gasteiger partial charge in [-0.05, 0) is 18.6 Å². The monoisotopic (exact) mass is 419 g/mol. The summed E-state index contributed by atoms with van der Waals surface area (Å²) in [4.78, 5) is 39.4. The third-order valence-corrected chi connectivity index (χ3v) is 4.99. The van der Waals surface area contributed by atoms with Crippen LogP contribution in [-0.4, -0.2) is 26.8 Å². The Morgan fingerprint density at radius 3 is 2.68 bits per heavy atom. The topological polar surface area (TPSA) is 132 Å². The number of aromatic nitrogens is 2. The minimum Gasteiger partial charge on any atom is -0.472 e. The molecule has 1 aliphatic rings. The summed E-state index contributed by atoms with van der Waals surface area (Å²) in [5, 5.41) is 17.0. The number of hydrogen-bond donors (Lipinski definition) is 2. The van der Waals surface area contributed by atoms with Crippen molar-refractivity contribution in [3.05, 3.63) is 99.8 Å². The summed E-state index contributed by atoms with van der Waals surface area (Å²) in [6.07, 6.45) is 7.91. The molecule has 4 rings (SSSR count). The van der Waals surface area contributed by atoms with Crippen molar-refractivity contribution < 1.29 is 18.9 Å². The van der Waals surface area contributed by atoms with E-state index in [1.807, 2.05) is 0 Å². The molecule has 0 saturated carbocycles. The van der Waals surface area contributed by atoms with Gasteiger partial charge in [-0.3, -0.25) is 24.3 Å². The van der Waals surface area contributed by atoms with Crippen LogP contribution in [0.3, 0.4) is 0 Å². The lowest BCUT2D eigenvalue weighted by Gasteiger charge is -2.32. The van der Waals surface area contributed by atoms with E-state index in [1.165, 1.54) is 47.9 Å². The average molecular weight is 419 g/mol. The van der Waals surface area contributed by atoms with Gasteiger partial charge in [-0.2, -0.15) is 0 Å². The van der Waals surface area contributed by atoms with Crippen molar-refractivity contribution in [2.24, 2.45) is 0 Å². The number of non-ortho nitro benzene ring substituents is 1. The summed E-state index contributed by atoms with van der Waals surface area (Å²) < 4.78 is 6.54. The van der Waals surface area contributed by atoms with Crippen molar-refractivity contribution in [2.75, 3.05) is 0 Å². The molecule has 2 aromatic heterocycles. The van der Waals surface area contributed by atoms with Crippen molar-refractivity contribution >= 4 is 23.7 Å². The number of carbonyl (C=O) groups excluding carboxylic acids is 2. The molecule has 156 valence electrons. The van der Waals surface area contributed by atoms with Crippen molar-refractivity contribution in [1.82, 2.24) is 20.2 Å². The van der Waals surface area contributed by atoms with Crippen LogP contribution in [-0.2, 0) is 4.79 Å². The van der Waals surface area contributed by atoms with Crippen LogP contribution >= 0.6 is 0 Å². The molecule has 0 spiro atoms. The zero-order chi connectivity index (χ0) is 22.0. The smallest absolute Gasteiger partial charge is 0.269 e. The Bertz CT molecular complexity index is 1190. The van der Waals surface area contributed by atoms with Crippen molar-refractivity contribution in [3.63, 3.8) is 0 Å². The molecule has 10 heteroatoms. The van der Waals surface area contributed by atoms with E-state index in [0.717, 1.165) is 0 Å². The van der Waals surface area contributed by atoms with Crippen molar-refractivity contribution in [3.8, 4) is 0 Å². The number of nitro groups is 1. The minimum absolute atomic E-state index is 0.0789. The highest BCUT2D eigenvalue weighted by molar-refractivity contribution is 6.05. The zero-order valence-corrected chi connectivity index (χ0v) is 16.3. The first-order chi connectivity index (χ1) is 15.0. The van der Waals surface area contributed by atoms with Gasteiger partial charge < -0.3 is 15.1 Å². The number of carbonyl (C=O) groups is 2. The predicted molar refractivity (Wildman–Crippen MR) is 109 cm³/mol. The molecule has 0 aliphatic carbocycles. The zero-order valence-electron chi connectivity index (χ0n) is 16.3. The van der Waals surface area contributed by atoms with Crippen molar-refractivity contribution in [2.45, 2.75) is 12.8 Å². The van der Waals surface area contributed by atoms with E-state index in [2.05, 4.69) is 15.6 Å². The molecule has 0 bridgehead atoms. The number of dihydropyridines is 1. The van der Waals surface area contributed by atoms with Crippen LogP contribution < -0.4 is 10.6 Å². The van der Waals surface area contributed by atoms with Gasteiger partial charge in [0.25, 0.3) is 11.6 Å². The molecule has 31 heavy (non-hydrogen) atoms. The predicted octanol–water partition coefficient (Wildman–Crippen LogP) is 2.80. The number of rotatable bonds is 6. The van der Waals surface area contributed by atoms with Crippen LogP contribution in [0.25, 0.3) is 5.70 Å². The maximum Gasteiger partial charge on any atom is 0.269 e. The van der Waals surface area contributed by atoms with Crippen molar-refractivity contribution in [1.29, 1.82) is 0 Å². The number of imidazole rings is 1. The second-order valence-electron chi connectivity index (χ2n) is 6.78. The molecular weight excluding hydrogens is 402 g/mol. The standard InChI is InChI=1S/C21H17N5O5/c1-13-19(23-12-27)17(14-2-4-16(5-3-14)26(29)30)18(21(28)25-8-7-22-11-25)20(24-13)15-6-9-31-10-15/h2-12,17,24H,1H3,(H,23,27). The van der Waals surface area contributed by atoms with Gasteiger partial charge in [0.1, 0.15) is 6.33 Å². The minimum atomic E-state index is -0.702. The molecule has 10 nitrogen and oxygen atoms in total. The van der Waals surface area contributed by atoms with Crippen LogP contribution in [0, 0.1) is 10.1 Å². The highest BCUT2D eigenvalue weighted by Crippen LogP contribution is 2.40. The molecule has 2 N–H and O–H groups in total. The number of amides is 1. The van der Waals surface area contributed by atoms with E-state index in [4.69, 9.17) is 4.42 Å². The Labute approximate surface area is 176 Å². The molecule has 0 fully saturated rings. The van der Waals surface area contributed by atoms with E-state index in [-0.39, 0.29) is 11.6 Å². The third kappa shape index (κ3) is 3.62. The van der Waals surface area contributed by atoms with Crippen LogP contribution in [0.4, 0.5) is 5.69 Å². The summed E-state index contributed by atoms with van der Waals surface area (Å²) in [5.41, 5.74) is 3.06. The first-order valence-electron chi connectivity index (χ1n) is 9.23. The molecular formula is C21H17N5O5. The number of hydrogen-bond acceptors (Lipinski definition) is 7. The Hall–Kier alpha value is -4.47. The molecule has 1 atom stereocenters. The Balaban J connectivity index is 1.95. The second-order valence-corrected chi connectivity index (χ2v) is 6.78. The lowest BCUT2D eigenvalue weighted by Crippen LogP contribution is -2.34. The van der Waals surface area contributed by atoms with Gasteiger partial charge in [0.2, 0.25) is 6.41 Å². The van der Waals surface area contributed by atoms with Crippen LogP contribution in [0.15, 0.2) is 83.0 Å². The number of nitro benzene ring substituents is 1. The largest absolute Gasteiger partial charge is 0.472 e. The number of benzene rings is 1. The molecule has 1 unspecified atom stereocenters. The summed E-state index contributed by atoms with van der Waals surface area (Å²) in [5.74, 6) is -1.07. The Morgan fingerprint density at radius 1 is 1.32 bits per heavy atom. The summed E-state index contributed by atoms with van der Waals surface area (Å²) >= 11 is 0. The van der Waals surface area contributed by atoms with Gasteiger partial charge in [0.15, 0.2) is 0 Å². The normalized spacial score (nSPS) is 16.1.